The maximum atomic E-state index is 12.0. The minimum atomic E-state index is -0.947. The fraction of sp³-hybridized carbons (Fsp3) is 0.533. The average molecular weight is 279 g/mol. The molecule has 1 aliphatic rings. The number of carbonyl (C=O) groups excluding carboxylic acids is 1. The van der Waals surface area contributed by atoms with Crippen molar-refractivity contribution in [2.24, 2.45) is 0 Å². The molecule has 0 saturated carbocycles. The van der Waals surface area contributed by atoms with Gasteiger partial charge in [0.25, 0.3) is 0 Å². The van der Waals surface area contributed by atoms with E-state index in [-0.39, 0.29) is 13.2 Å². The Hall–Kier alpha value is -1.59. The number of hydrogen-bond donors (Lipinski definition) is 2. The molecule has 5 nitrogen and oxygen atoms in total. The molecular formula is C15H21NO4. The van der Waals surface area contributed by atoms with E-state index >= 15 is 0 Å². The highest BCUT2D eigenvalue weighted by Crippen LogP contribution is 2.30. The van der Waals surface area contributed by atoms with E-state index in [9.17, 15) is 9.90 Å². The number of amides is 1. The summed E-state index contributed by atoms with van der Waals surface area (Å²) in [7, 11) is 0. The van der Waals surface area contributed by atoms with Crippen LogP contribution in [0.1, 0.15) is 31.9 Å². The minimum absolute atomic E-state index is 0.222. The third kappa shape index (κ3) is 3.11. The van der Waals surface area contributed by atoms with Gasteiger partial charge in [0.15, 0.2) is 0 Å². The van der Waals surface area contributed by atoms with Crippen molar-refractivity contribution in [2.45, 2.75) is 38.5 Å². The first-order chi connectivity index (χ1) is 9.36. The first kappa shape index (κ1) is 14.8. The van der Waals surface area contributed by atoms with Gasteiger partial charge in [0.05, 0.1) is 19.8 Å². The lowest BCUT2D eigenvalue weighted by Crippen LogP contribution is -2.55. The van der Waals surface area contributed by atoms with Gasteiger partial charge in [-0.1, -0.05) is 24.3 Å². The van der Waals surface area contributed by atoms with Crippen molar-refractivity contribution in [3.8, 4) is 0 Å². The van der Waals surface area contributed by atoms with E-state index in [0.717, 1.165) is 11.1 Å². The zero-order valence-electron chi connectivity index (χ0n) is 12.1. The van der Waals surface area contributed by atoms with Crippen LogP contribution in [0.3, 0.4) is 0 Å². The Kier molecular flexibility index (Phi) is 4.01. The molecule has 1 amide bonds. The quantitative estimate of drug-likeness (QED) is 0.868. The van der Waals surface area contributed by atoms with Crippen molar-refractivity contribution in [1.82, 2.24) is 5.32 Å². The van der Waals surface area contributed by atoms with Crippen LogP contribution in [-0.2, 0) is 21.6 Å². The van der Waals surface area contributed by atoms with Crippen LogP contribution >= 0.6 is 0 Å². The second-order valence-corrected chi connectivity index (χ2v) is 6.02. The van der Waals surface area contributed by atoms with Crippen LogP contribution in [0, 0.1) is 0 Å². The summed E-state index contributed by atoms with van der Waals surface area (Å²) in [5.41, 5.74) is 0.302. The van der Waals surface area contributed by atoms with Gasteiger partial charge in [-0.2, -0.15) is 0 Å². The monoisotopic (exact) mass is 279 g/mol. The number of hydrogen-bond acceptors (Lipinski definition) is 4. The Labute approximate surface area is 118 Å². The van der Waals surface area contributed by atoms with E-state index in [1.54, 1.807) is 20.8 Å². The van der Waals surface area contributed by atoms with E-state index in [1.807, 2.05) is 24.3 Å². The SMILES string of the molecule is CC(C)(C)OC(=O)NC1(CO)COCc2ccccc21. The van der Waals surface area contributed by atoms with Gasteiger partial charge < -0.3 is 19.9 Å². The predicted octanol–water partition coefficient (Wildman–Crippen LogP) is 1.93. The maximum Gasteiger partial charge on any atom is 0.408 e. The number of benzene rings is 1. The summed E-state index contributed by atoms with van der Waals surface area (Å²) in [6, 6.07) is 7.61. The lowest BCUT2D eigenvalue weighted by Gasteiger charge is -2.38. The molecule has 0 aromatic heterocycles. The van der Waals surface area contributed by atoms with Gasteiger partial charge >= 0.3 is 6.09 Å². The first-order valence-corrected chi connectivity index (χ1v) is 6.64. The molecule has 0 saturated heterocycles. The molecule has 5 heteroatoms. The molecule has 110 valence electrons. The molecule has 0 radical (unpaired) electrons. The van der Waals surface area contributed by atoms with Crippen molar-refractivity contribution < 1.29 is 19.4 Å². The molecule has 1 atom stereocenters. The summed E-state index contributed by atoms with van der Waals surface area (Å²) >= 11 is 0. The normalized spacial score (nSPS) is 22.0. The molecule has 0 aliphatic carbocycles. The second kappa shape index (κ2) is 5.42. The number of carbonyl (C=O) groups is 1. The lowest BCUT2D eigenvalue weighted by molar-refractivity contribution is -0.00596. The van der Waals surface area contributed by atoms with E-state index in [1.165, 1.54) is 0 Å². The van der Waals surface area contributed by atoms with Crippen LogP contribution in [0.5, 0.6) is 0 Å². The summed E-state index contributed by atoms with van der Waals surface area (Å²) in [4.78, 5) is 12.0. The Balaban J connectivity index is 2.25. The first-order valence-electron chi connectivity index (χ1n) is 6.64. The molecule has 1 aromatic rings. The van der Waals surface area contributed by atoms with E-state index in [2.05, 4.69) is 5.32 Å². The fourth-order valence-corrected chi connectivity index (χ4v) is 2.30. The van der Waals surface area contributed by atoms with Gasteiger partial charge in [-0.3, -0.25) is 0 Å². The van der Waals surface area contributed by atoms with Crippen LogP contribution in [0.25, 0.3) is 0 Å². The summed E-state index contributed by atoms with van der Waals surface area (Å²) < 4.78 is 10.8. The number of alkyl carbamates (subject to hydrolysis) is 1. The fourth-order valence-electron chi connectivity index (χ4n) is 2.30. The number of rotatable bonds is 2. The average Bonchev–Trinajstić information content (AvgIpc) is 2.37. The minimum Gasteiger partial charge on any atom is -0.444 e. The molecule has 1 aliphatic heterocycles. The van der Waals surface area contributed by atoms with Crippen LogP contribution in [0.2, 0.25) is 0 Å². The summed E-state index contributed by atoms with van der Waals surface area (Å²) in [5, 5.41) is 12.5. The third-order valence-electron chi connectivity index (χ3n) is 3.15. The van der Waals surface area contributed by atoms with Crippen LogP contribution in [0.15, 0.2) is 24.3 Å². The zero-order chi connectivity index (χ0) is 14.8. The van der Waals surface area contributed by atoms with Crippen molar-refractivity contribution in [3.63, 3.8) is 0 Å². The van der Waals surface area contributed by atoms with Gasteiger partial charge in [0.1, 0.15) is 11.1 Å². The molecular weight excluding hydrogens is 258 g/mol. The molecule has 0 spiro atoms. The Morgan fingerprint density at radius 3 is 2.80 bits per heavy atom. The highest BCUT2D eigenvalue weighted by molar-refractivity contribution is 5.69. The topological polar surface area (TPSA) is 67.8 Å². The zero-order valence-corrected chi connectivity index (χ0v) is 12.1. The standard InChI is InChI=1S/C15H21NO4/c1-14(2,3)20-13(18)16-15(9-17)10-19-8-11-6-4-5-7-12(11)15/h4-7,17H,8-10H2,1-3H3,(H,16,18). The lowest BCUT2D eigenvalue weighted by atomic mass is 9.86. The van der Waals surface area contributed by atoms with Crippen LogP contribution in [-0.4, -0.2) is 30.0 Å². The van der Waals surface area contributed by atoms with Crippen molar-refractivity contribution in [2.75, 3.05) is 13.2 Å². The second-order valence-electron chi connectivity index (χ2n) is 6.02. The van der Waals surface area contributed by atoms with Crippen LogP contribution < -0.4 is 5.32 Å². The molecule has 1 aromatic carbocycles. The van der Waals surface area contributed by atoms with E-state index in [4.69, 9.17) is 9.47 Å². The van der Waals surface area contributed by atoms with E-state index < -0.39 is 17.2 Å². The van der Waals surface area contributed by atoms with Crippen molar-refractivity contribution in [3.05, 3.63) is 35.4 Å². The van der Waals surface area contributed by atoms with E-state index in [0.29, 0.717) is 6.61 Å². The van der Waals surface area contributed by atoms with Gasteiger partial charge in [0.2, 0.25) is 0 Å². The largest absolute Gasteiger partial charge is 0.444 e. The van der Waals surface area contributed by atoms with Gasteiger partial charge in [-0.05, 0) is 31.9 Å². The van der Waals surface area contributed by atoms with Crippen molar-refractivity contribution in [1.29, 1.82) is 0 Å². The molecule has 0 fully saturated rings. The molecule has 20 heavy (non-hydrogen) atoms. The number of nitrogens with one attached hydrogen (secondary N) is 1. The smallest absolute Gasteiger partial charge is 0.408 e. The van der Waals surface area contributed by atoms with Crippen LogP contribution in [0.4, 0.5) is 4.79 Å². The molecule has 0 bridgehead atoms. The highest BCUT2D eigenvalue weighted by Gasteiger charge is 2.39. The number of aliphatic hydroxyl groups excluding tert-OH is 1. The Morgan fingerprint density at radius 2 is 2.15 bits per heavy atom. The Morgan fingerprint density at radius 1 is 1.45 bits per heavy atom. The molecule has 1 heterocycles. The summed E-state index contributed by atoms with van der Waals surface area (Å²) in [6.07, 6.45) is -0.563. The number of aliphatic hydroxyl groups is 1. The molecule has 1 unspecified atom stereocenters. The summed E-state index contributed by atoms with van der Waals surface area (Å²) in [6.45, 7) is 5.84. The van der Waals surface area contributed by atoms with Crippen molar-refractivity contribution >= 4 is 6.09 Å². The third-order valence-corrected chi connectivity index (χ3v) is 3.15. The molecule has 2 rings (SSSR count). The van der Waals surface area contributed by atoms with Gasteiger partial charge in [-0.25, -0.2) is 4.79 Å². The van der Waals surface area contributed by atoms with Gasteiger partial charge in [-0.15, -0.1) is 0 Å². The van der Waals surface area contributed by atoms with Gasteiger partial charge in [0, 0.05) is 0 Å². The number of fused-ring (bicyclic) bond motifs is 1. The highest BCUT2D eigenvalue weighted by atomic mass is 16.6. The summed E-state index contributed by atoms with van der Waals surface area (Å²) in [5.74, 6) is 0. The number of ether oxygens (including phenoxy) is 2. The Bertz CT molecular complexity index is 495. The maximum absolute atomic E-state index is 12.0. The predicted molar refractivity (Wildman–Crippen MR) is 74.2 cm³/mol. The molecule has 2 N–H and O–H groups in total.